The predicted octanol–water partition coefficient (Wildman–Crippen LogP) is 3.79. The molecule has 0 aromatic heterocycles. The minimum absolute atomic E-state index is 0.965. The molecule has 2 saturated heterocycles. The lowest BCUT2D eigenvalue weighted by Gasteiger charge is -2.23. The number of hydrogen-bond acceptors (Lipinski definition) is 2. The van der Waals surface area contributed by atoms with Gasteiger partial charge in [0.1, 0.15) is 0 Å². The van der Waals surface area contributed by atoms with Gasteiger partial charge in [-0.1, -0.05) is 32.1 Å². The molecule has 2 fully saturated rings. The van der Waals surface area contributed by atoms with Gasteiger partial charge in [-0.25, -0.2) is 0 Å². The van der Waals surface area contributed by atoms with Crippen LogP contribution in [0.3, 0.4) is 0 Å². The van der Waals surface area contributed by atoms with Crippen molar-refractivity contribution in [1.29, 1.82) is 0 Å². The first-order valence-electron chi connectivity index (χ1n) is 7.60. The number of ether oxygens (including phenoxy) is 2. The zero-order valence-electron chi connectivity index (χ0n) is 11.2. The molecule has 0 aromatic carbocycles. The SMILES string of the molecule is C(CCC1CCOCC1)CCC1CCOCC1. The molecule has 2 rings (SSSR count). The molecule has 2 aliphatic heterocycles. The molecule has 0 atom stereocenters. The van der Waals surface area contributed by atoms with Gasteiger partial charge in [-0.2, -0.15) is 0 Å². The molecule has 2 heteroatoms. The van der Waals surface area contributed by atoms with E-state index in [1.165, 1.54) is 57.8 Å². The molecular formula is C15H28O2. The third kappa shape index (κ3) is 5.39. The summed E-state index contributed by atoms with van der Waals surface area (Å²) in [6.07, 6.45) is 12.4. The maximum absolute atomic E-state index is 5.39. The van der Waals surface area contributed by atoms with Crippen molar-refractivity contribution in [1.82, 2.24) is 0 Å². The highest BCUT2D eigenvalue weighted by Crippen LogP contribution is 2.24. The lowest BCUT2D eigenvalue weighted by Crippen LogP contribution is -2.16. The van der Waals surface area contributed by atoms with Crippen LogP contribution < -0.4 is 0 Å². The molecule has 0 saturated carbocycles. The summed E-state index contributed by atoms with van der Waals surface area (Å²) >= 11 is 0. The van der Waals surface area contributed by atoms with E-state index in [9.17, 15) is 0 Å². The second-order valence-corrected chi connectivity index (χ2v) is 5.75. The average Bonchev–Trinajstić information content (AvgIpc) is 2.41. The molecule has 2 aliphatic rings. The molecule has 0 bridgehead atoms. The molecule has 17 heavy (non-hydrogen) atoms. The Hall–Kier alpha value is -0.0800. The van der Waals surface area contributed by atoms with Crippen LogP contribution in [-0.4, -0.2) is 26.4 Å². The fraction of sp³-hybridized carbons (Fsp3) is 1.00. The Labute approximate surface area is 106 Å². The van der Waals surface area contributed by atoms with Gasteiger partial charge < -0.3 is 9.47 Å². The summed E-state index contributed by atoms with van der Waals surface area (Å²) in [6.45, 7) is 4.03. The van der Waals surface area contributed by atoms with E-state index < -0.39 is 0 Å². The van der Waals surface area contributed by atoms with Crippen LogP contribution in [0.2, 0.25) is 0 Å². The van der Waals surface area contributed by atoms with Gasteiger partial charge in [-0.15, -0.1) is 0 Å². The van der Waals surface area contributed by atoms with Crippen molar-refractivity contribution in [3.8, 4) is 0 Å². The van der Waals surface area contributed by atoms with E-state index in [4.69, 9.17) is 9.47 Å². The molecular weight excluding hydrogens is 212 g/mol. The Morgan fingerprint density at radius 1 is 0.588 bits per heavy atom. The Morgan fingerprint density at radius 2 is 1.00 bits per heavy atom. The topological polar surface area (TPSA) is 18.5 Å². The summed E-state index contributed by atoms with van der Waals surface area (Å²) in [7, 11) is 0. The van der Waals surface area contributed by atoms with Crippen LogP contribution in [-0.2, 0) is 9.47 Å². The molecule has 0 radical (unpaired) electrons. The van der Waals surface area contributed by atoms with Crippen molar-refractivity contribution < 1.29 is 9.47 Å². The third-order valence-corrected chi connectivity index (χ3v) is 4.41. The highest BCUT2D eigenvalue weighted by atomic mass is 16.5. The van der Waals surface area contributed by atoms with Gasteiger partial charge >= 0.3 is 0 Å². The summed E-state index contributed by atoms with van der Waals surface area (Å²) in [5.74, 6) is 1.93. The Kier molecular flexibility index (Phi) is 6.36. The largest absolute Gasteiger partial charge is 0.381 e. The van der Waals surface area contributed by atoms with Crippen molar-refractivity contribution in [2.24, 2.45) is 11.8 Å². The molecule has 0 spiro atoms. The molecule has 0 unspecified atom stereocenters. The van der Waals surface area contributed by atoms with E-state index in [0.29, 0.717) is 0 Å². The zero-order valence-corrected chi connectivity index (χ0v) is 11.2. The van der Waals surface area contributed by atoms with Gasteiger partial charge in [0.25, 0.3) is 0 Å². The Balaban J connectivity index is 1.42. The third-order valence-electron chi connectivity index (χ3n) is 4.41. The molecule has 2 heterocycles. The molecule has 0 N–H and O–H groups in total. The van der Waals surface area contributed by atoms with Crippen molar-refractivity contribution in [2.75, 3.05) is 26.4 Å². The maximum atomic E-state index is 5.39. The van der Waals surface area contributed by atoms with E-state index in [1.54, 1.807) is 0 Å². The van der Waals surface area contributed by atoms with Crippen molar-refractivity contribution in [3.63, 3.8) is 0 Å². The van der Waals surface area contributed by atoms with Crippen LogP contribution in [0.1, 0.15) is 57.8 Å². The lowest BCUT2D eigenvalue weighted by atomic mass is 9.91. The second-order valence-electron chi connectivity index (χ2n) is 5.75. The first-order valence-corrected chi connectivity index (χ1v) is 7.60. The molecule has 0 aromatic rings. The summed E-state index contributed by atoms with van der Waals surface area (Å²) in [5, 5.41) is 0. The quantitative estimate of drug-likeness (QED) is 0.658. The summed E-state index contributed by atoms with van der Waals surface area (Å²) in [5.41, 5.74) is 0. The van der Waals surface area contributed by atoms with Crippen LogP contribution in [0.5, 0.6) is 0 Å². The van der Waals surface area contributed by atoms with Crippen LogP contribution >= 0.6 is 0 Å². The van der Waals surface area contributed by atoms with E-state index in [2.05, 4.69) is 0 Å². The fourth-order valence-corrected chi connectivity index (χ4v) is 3.11. The standard InChI is InChI=1S/C15H28O2/c1(2-4-14-6-10-16-11-7-14)3-5-15-8-12-17-13-9-15/h14-15H,1-13H2. The maximum Gasteiger partial charge on any atom is 0.0468 e. The van der Waals surface area contributed by atoms with Gasteiger partial charge in [0.15, 0.2) is 0 Å². The molecule has 2 nitrogen and oxygen atoms in total. The number of hydrogen-bond donors (Lipinski definition) is 0. The predicted molar refractivity (Wildman–Crippen MR) is 70.2 cm³/mol. The second kappa shape index (κ2) is 8.10. The molecule has 0 aliphatic carbocycles. The smallest absolute Gasteiger partial charge is 0.0468 e. The Bertz CT molecular complexity index is 161. The zero-order chi connectivity index (χ0) is 11.8. The average molecular weight is 240 g/mol. The van der Waals surface area contributed by atoms with Crippen LogP contribution in [0.15, 0.2) is 0 Å². The molecule has 0 amide bonds. The van der Waals surface area contributed by atoms with Crippen molar-refractivity contribution >= 4 is 0 Å². The summed E-state index contributed by atoms with van der Waals surface area (Å²) < 4.78 is 10.8. The minimum atomic E-state index is 0.965. The van der Waals surface area contributed by atoms with Crippen molar-refractivity contribution in [3.05, 3.63) is 0 Å². The lowest BCUT2D eigenvalue weighted by molar-refractivity contribution is 0.0609. The fourth-order valence-electron chi connectivity index (χ4n) is 3.11. The first-order chi connectivity index (χ1) is 8.45. The normalized spacial score (nSPS) is 24.0. The highest BCUT2D eigenvalue weighted by molar-refractivity contribution is 4.65. The monoisotopic (exact) mass is 240 g/mol. The van der Waals surface area contributed by atoms with Gasteiger partial charge in [0, 0.05) is 26.4 Å². The van der Waals surface area contributed by atoms with Gasteiger partial charge in [0.05, 0.1) is 0 Å². The number of rotatable bonds is 6. The van der Waals surface area contributed by atoms with Crippen molar-refractivity contribution in [2.45, 2.75) is 57.8 Å². The van der Waals surface area contributed by atoms with Crippen LogP contribution in [0.4, 0.5) is 0 Å². The number of unbranched alkanes of at least 4 members (excludes halogenated alkanes) is 2. The van der Waals surface area contributed by atoms with E-state index in [1.807, 2.05) is 0 Å². The van der Waals surface area contributed by atoms with Gasteiger partial charge in [-0.3, -0.25) is 0 Å². The van der Waals surface area contributed by atoms with E-state index in [0.717, 1.165) is 38.3 Å². The summed E-state index contributed by atoms with van der Waals surface area (Å²) in [6, 6.07) is 0. The minimum Gasteiger partial charge on any atom is -0.381 e. The van der Waals surface area contributed by atoms with E-state index >= 15 is 0 Å². The van der Waals surface area contributed by atoms with Crippen LogP contribution in [0, 0.1) is 11.8 Å². The first kappa shape index (κ1) is 13.4. The van der Waals surface area contributed by atoms with Gasteiger partial charge in [0.2, 0.25) is 0 Å². The Morgan fingerprint density at radius 3 is 1.41 bits per heavy atom. The van der Waals surface area contributed by atoms with Gasteiger partial charge in [-0.05, 0) is 37.5 Å². The van der Waals surface area contributed by atoms with E-state index in [-0.39, 0.29) is 0 Å². The molecule has 100 valence electrons. The highest BCUT2D eigenvalue weighted by Gasteiger charge is 2.14. The van der Waals surface area contributed by atoms with Crippen LogP contribution in [0.25, 0.3) is 0 Å². The summed E-state index contributed by atoms with van der Waals surface area (Å²) in [4.78, 5) is 0.